The summed E-state index contributed by atoms with van der Waals surface area (Å²) in [7, 11) is 2.15. The second-order valence-electron chi connectivity index (χ2n) is 7.46. The molecule has 4 heterocycles. The molecule has 0 radical (unpaired) electrons. The van der Waals surface area contributed by atoms with Crippen molar-refractivity contribution in [3.63, 3.8) is 0 Å². The molecule has 4 aromatic rings. The number of fused-ring (bicyclic) bond motifs is 1. The Hall–Kier alpha value is -3.39. The van der Waals surface area contributed by atoms with Crippen LogP contribution in [-0.2, 0) is 0 Å². The van der Waals surface area contributed by atoms with E-state index in [1.54, 1.807) is 6.26 Å². The maximum Gasteiger partial charge on any atom is 0.163 e. The van der Waals surface area contributed by atoms with E-state index in [9.17, 15) is 0 Å². The average molecular weight is 389 g/mol. The molecule has 8 nitrogen and oxygen atoms in total. The van der Waals surface area contributed by atoms with Crippen molar-refractivity contribution in [2.45, 2.75) is 6.92 Å². The van der Waals surface area contributed by atoms with Gasteiger partial charge in [0, 0.05) is 55.0 Å². The van der Waals surface area contributed by atoms with Crippen LogP contribution in [0, 0.1) is 6.92 Å². The lowest BCUT2D eigenvalue weighted by atomic mass is 10.1. The maximum atomic E-state index is 5.46. The van der Waals surface area contributed by atoms with Crippen LogP contribution < -0.4 is 10.2 Å². The zero-order valence-electron chi connectivity index (χ0n) is 16.5. The Morgan fingerprint density at radius 1 is 1.00 bits per heavy atom. The number of nitrogens with zero attached hydrogens (tertiary/aromatic N) is 5. The Bertz CT molecular complexity index is 1140. The minimum Gasteiger partial charge on any atom is -0.464 e. The van der Waals surface area contributed by atoms with E-state index in [1.165, 1.54) is 0 Å². The van der Waals surface area contributed by atoms with Crippen molar-refractivity contribution < 1.29 is 4.42 Å². The van der Waals surface area contributed by atoms with E-state index in [2.05, 4.69) is 38.4 Å². The second-order valence-corrected chi connectivity index (χ2v) is 7.46. The van der Waals surface area contributed by atoms with Crippen molar-refractivity contribution in [3.05, 3.63) is 48.4 Å². The topological polar surface area (TPSA) is 86.1 Å². The molecule has 0 unspecified atom stereocenters. The Balaban J connectivity index is 1.54. The number of aromatic nitrogens is 4. The molecule has 0 spiro atoms. The molecule has 0 amide bonds. The van der Waals surface area contributed by atoms with Gasteiger partial charge >= 0.3 is 0 Å². The minimum atomic E-state index is 0.680. The van der Waals surface area contributed by atoms with Crippen molar-refractivity contribution in [2.24, 2.45) is 0 Å². The predicted molar refractivity (Wildman–Crippen MR) is 114 cm³/mol. The highest BCUT2D eigenvalue weighted by Crippen LogP contribution is 2.27. The molecule has 1 saturated heterocycles. The van der Waals surface area contributed by atoms with Crippen molar-refractivity contribution in [1.82, 2.24) is 25.1 Å². The summed E-state index contributed by atoms with van der Waals surface area (Å²) in [5, 5.41) is 11.6. The normalized spacial score (nSPS) is 15.2. The van der Waals surface area contributed by atoms with Gasteiger partial charge in [-0.25, -0.2) is 9.97 Å². The van der Waals surface area contributed by atoms with E-state index in [1.807, 2.05) is 37.3 Å². The number of rotatable bonds is 4. The van der Waals surface area contributed by atoms with Crippen LogP contribution >= 0.6 is 0 Å². The molecule has 0 bridgehead atoms. The van der Waals surface area contributed by atoms with E-state index in [4.69, 9.17) is 14.4 Å². The first-order valence-electron chi connectivity index (χ1n) is 9.73. The van der Waals surface area contributed by atoms with Crippen LogP contribution in [0.2, 0.25) is 0 Å². The number of aryl methyl sites for hydroxylation is 1. The van der Waals surface area contributed by atoms with Crippen molar-refractivity contribution in [2.75, 3.05) is 43.4 Å². The smallest absolute Gasteiger partial charge is 0.163 e. The molecule has 2 N–H and O–H groups in total. The number of aromatic amines is 1. The van der Waals surface area contributed by atoms with Crippen molar-refractivity contribution >= 4 is 28.4 Å². The summed E-state index contributed by atoms with van der Waals surface area (Å²) in [5.41, 5.74) is 2.80. The van der Waals surface area contributed by atoms with Gasteiger partial charge in [-0.2, -0.15) is 5.10 Å². The van der Waals surface area contributed by atoms with E-state index in [-0.39, 0.29) is 0 Å². The first-order valence-corrected chi connectivity index (χ1v) is 9.73. The fraction of sp³-hybridized carbons (Fsp3) is 0.286. The Morgan fingerprint density at radius 3 is 2.66 bits per heavy atom. The number of nitrogens with one attached hydrogen (secondary N) is 2. The molecule has 5 rings (SSSR count). The van der Waals surface area contributed by atoms with Gasteiger partial charge in [0.1, 0.15) is 17.2 Å². The average Bonchev–Trinajstić information content (AvgIpc) is 3.36. The number of piperazine rings is 1. The van der Waals surface area contributed by atoms with E-state index in [0.717, 1.165) is 65.9 Å². The Kier molecular flexibility index (Phi) is 4.40. The summed E-state index contributed by atoms with van der Waals surface area (Å²) in [6, 6.07) is 11.9. The maximum absolute atomic E-state index is 5.46. The van der Waals surface area contributed by atoms with Gasteiger partial charge in [0.15, 0.2) is 11.6 Å². The molecule has 148 valence electrons. The van der Waals surface area contributed by atoms with Crippen LogP contribution in [0.1, 0.15) is 5.69 Å². The molecule has 1 aliphatic rings. The number of furan rings is 1. The highest BCUT2D eigenvalue weighted by atomic mass is 16.3. The SMILES string of the molecule is Cc1cc(Nc2cc(N3CCN(C)CC3)nc(-c3ccc4occc4c3)n2)n[nH]1. The summed E-state index contributed by atoms with van der Waals surface area (Å²) in [6.07, 6.45) is 1.70. The first kappa shape index (κ1) is 17.7. The Labute approximate surface area is 168 Å². The number of likely N-dealkylation sites (N-methyl/N-ethyl adjacent to an activating group) is 1. The van der Waals surface area contributed by atoms with Gasteiger partial charge in [0.2, 0.25) is 0 Å². The predicted octanol–water partition coefficient (Wildman–Crippen LogP) is 3.42. The first-order chi connectivity index (χ1) is 14.1. The lowest BCUT2D eigenvalue weighted by molar-refractivity contribution is 0.312. The molecule has 0 aliphatic carbocycles. The summed E-state index contributed by atoms with van der Waals surface area (Å²) in [4.78, 5) is 14.3. The molecule has 1 aromatic carbocycles. The third kappa shape index (κ3) is 3.66. The number of anilines is 3. The Morgan fingerprint density at radius 2 is 1.86 bits per heavy atom. The monoisotopic (exact) mass is 389 g/mol. The van der Waals surface area contributed by atoms with Crippen LogP contribution in [0.15, 0.2) is 47.1 Å². The molecule has 29 heavy (non-hydrogen) atoms. The zero-order valence-corrected chi connectivity index (χ0v) is 16.5. The minimum absolute atomic E-state index is 0.680. The highest BCUT2D eigenvalue weighted by Gasteiger charge is 2.18. The van der Waals surface area contributed by atoms with Gasteiger partial charge in [-0.15, -0.1) is 0 Å². The van der Waals surface area contributed by atoms with E-state index < -0.39 is 0 Å². The van der Waals surface area contributed by atoms with Crippen LogP contribution in [0.3, 0.4) is 0 Å². The molecular weight excluding hydrogens is 366 g/mol. The lowest BCUT2D eigenvalue weighted by Gasteiger charge is -2.33. The fourth-order valence-electron chi connectivity index (χ4n) is 3.54. The lowest BCUT2D eigenvalue weighted by Crippen LogP contribution is -2.44. The summed E-state index contributed by atoms with van der Waals surface area (Å²) >= 11 is 0. The number of H-pyrrole nitrogens is 1. The van der Waals surface area contributed by atoms with Gasteiger partial charge in [0.05, 0.1) is 6.26 Å². The third-order valence-electron chi connectivity index (χ3n) is 5.21. The number of benzene rings is 1. The largest absolute Gasteiger partial charge is 0.464 e. The van der Waals surface area contributed by atoms with Gasteiger partial charge < -0.3 is 19.5 Å². The molecule has 3 aromatic heterocycles. The molecule has 0 saturated carbocycles. The third-order valence-corrected chi connectivity index (χ3v) is 5.21. The summed E-state index contributed by atoms with van der Waals surface area (Å²) in [6.45, 7) is 5.88. The van der Waals surface area contributed by atoms with Gasteiger partial charge in [-0.3, -0.25) is 5.10 Å². The van der Waals surface area contributed by atoms with Crippen LogP contribution in [0.5, 0.6) is 0 Å². The number of hydrogen-bond acceptors (Lipinski definition) is 7. The quantitative estimate of drug-likeness (QED) is 0.553. The zero-order chi connectivity index (χ0) is 19.8. The van der Waals surface area contributed by atoms with Crippen LogP contribution in [0.4, 0.5) is 17.5 Å². The molecule has 1 aliphatic heterocycles. The molecule has 0 atom stereocenters. The van der Waals surface area contributed by atoms with Gasteiger partial charge in [0.25, 0.3) is 0 Å². The van der Waals surface area contributed by atoms with E-state index in [0.29, 0.717) is 5.82 Å². The van der Waals surface area contributed by atoms with Gasteiger partial charge in [-0.05, 0) is 38.2 Å². The highest BCUT2D eigenvalue weighted by molar-refractivity contribution is 5.82. The number of hydrogen-bond donors (Lipinski definition) is 2. The molecule has 1 fully saturated rings. The van der Waals surface area contributed by atoms with E-state index >= 15 is 0 Å². The summed E-state index contributed by atoms with van der Waals surface area (Å²) in [5.74, 6) is 3.06. The second kappa shape index (κ2) is 7.21. The standard InChI is InChI=1S/C21H23N7O/c1-14-11-19(26-25-14)22-18-13-20(28-8-6-27(2)7-9-28)24-21(23-18)16-3-4-17-15(12-16)5-10-29-17/h3-5,10-13H,6-9H2,1-2H3,(H2,22,23,24,25,26). The van der Waals surface area contributed by atoms with Crippen molar-refractivity contribution in [1.29, 1.82) is 0 Å². The van der Waals surface area contributed by atoms with Crippen LogP contribution in [-0.4, -0.2) is 58.3 Å². The summed E-state index contributed by atoms with van der Waals surface area (Å²) < 4.78 is 5.46. The molecular formula is C21H23N7O. The van der Waals surface area contributed by atoms with Crippen molar-refractivity contribution in [3.8, 4) is 11.4 Å². The van der Waals surface area contributed by atoms with Crippen LogP contribution in [0.25, 0.3) is 22.4 Å². The molecule has 8 heteroatoms. The van der Waals surface area contributed by atoms with Gasteiger partial charge in [-0.1, -0.05) is 0 Å². The fourth-order valence-corrected chi connectivity index (χ4v) is 3.54.